The molecule has 1 fully saturated rings. The zero-order valence-electron chi connectivity index (χ0n) is 29.3. The number of aliphatic hydroxyl groups excluding tert-OH is 4. The van der Waals surface area contributed by atoms with E-state index < -0.39 is 30.4 Å². The molecule has 0 spiro atoms. The zero-order chi connectivity index (χ0) is 34.0. The fourth-order valence-electron chi connectivity index (χ4n) is 6.03. The van der Waals surface area contributed by atoms with Crippen LogP contribution in [-0.4, -0.2) is 70.0 Å². The van der Waals surface area contributed by atoms with Gasteiger partial charge in [-0.05, 0) is 31.1 Å². The largest absolute Gasteiger partial charge is 0.463 e. The van der Waals surface area contributed by atoms with E-state index in [1.165, 1.54) is 57.8 Å². The average Bonchev–Trinajstić information content (AvgIpc) is 3.31. The van der Waals surface area contributed by atoms with Gasteiger partial charge in [0.2, 0.25) is 0 Å². The summed E-state index contributed by atoms with van der Waals surface area (Å²) in [5.41, 5.74) is 0. The van der Waals surface area contributed by atoms with Gasteiger partial charge in [0.15, 0.2) is 0 Å². The van der Waals surface area contributed by atoms with Crippen molar-refractivity contribution in [1.82, 2.24) is 0 Å². The second-order valence-electron chi connectivity index (χ2n) is 13.6. The van der Waals surface area contributed by atoms with Crippen molar-refractivity contribution < 1.29 is 39.5 Å². The second kappa shape index (κ2) is 27.2. The van der Waals surface area contributed by atoms with E-state index in [2.05, 4.69) is 20.8 Å². The number of hydrogen-bond acceptors (Lipinski definition) is 8. The minimum atomic E-state index is -1.08. The number of esters is 2. The smallest absolute Gasteiger partial charge is 0.309 e. The highest BCUT2D eigenvalue weighted by atomic mass is 16.6. The van der Waals surface area contributed by atoms with E-state index in [-0.39, 0.29) is 43.9 Å². The van der Waals surface area contributed by atoms with Crippen molar-refractivity contribution >= 4 is 11.9 Å². The molecule has 0 heterocycles. The molecule has 8 heteroatoms. The molecule has 1 saturated carbocycles. The first-order chi connectivity index (χ1) is 22.2. The Hall–Kier alpha value is -1.74. The monoisotopic (exact) mass is 652 g/mol. The molecule has 0 aromatic heterocycles. The molecule has 46 heavy (non-hydrogen) atoms. The maximum absolute atomic E-state index is 12.1. The maximum atomic E-state index is 12.1. The highest BCUT2D eigenvalue weighted by Crippen LogP contribution is 2.36. The van der Waals surface area contributed by atoms with Crippen molar-refractivity contribution in [3.8, 4) is 0 Å². The number of hydrogen-bond donors (Lipinski definition) is 4. The third-order valence-electron chi connectivity index (χ3n) is 9.33. The molecule has 4 N–H and O–H groups in total. The van der Waals surface area contributed by atoms with Crippen molar-refractivity contribution in [2.75, 3.05) is 13.2 Å². The van der Waals surface area contributed by atoms with Crippen LogP contribution >= 0.6 is 0 Å². The molecule has 1 aliphatic rings. The summed E-state index contributed by atoms with van der Waals surface area (Å²) in [6.45, 7) is 6.26. The molecule has 0 aromatic rings. The molecule has 1 unspecified atom stereocenters. The molecule has 0 aromatic carbocycles. The number of aliphatic hydroxyl groups is 4. The van der Waals surface area contributed by atoms with Gasteiger partial charge in [0.25, 0.3) is 0 Å². The number of ether oxygens (including phenoxy) is 2. The summed E-state index contributed by atoms with van der Waals surface area (Å²) < 4.78 is 10.2. The van der Waals surface area contributed by atoms with Crippen LogP contribution in [0.4, 0.5) is 0 Å². The summed E-state index contributed by atoms with van der Waals surface area (Å²) in [6.07, 6.45) is 23.6. The van der Waals surface area contributed by atoms with Crippen LogP contribution in [0.1, 0.15) is 149 Å². The molecule has 0 saturated heterocycles. The van der Waals surface area contributed by atoms with Gasteiger partial charge in [-0.25, -0.2) is 0 Å². The van der Waals surface area contributed by atoms with Gasteiger partial charge >= 0.3 is 11.9 Å². The Morgan fingerprint density at radius 2 is 1.35 bits per heavy atom. The third-order valence-corrected chi connectivity index (χ3v) is 9.33. The standard InChI is InChI=1S/C38H68O8/c1-4-6-15-21-31(39)25-26-34-33(35(41)27-36(34)42)22-18-19-24-38(44)46-29-32(40)28-45-37(43)23-17-14-12-10-8-7-9-11-13-16-20-30(3)5-2/h18-19,25-26,30-36,39-42H,4-17,20-24,27-29H2,1-3H3/b19-18-,26-25+/t30?,31-,32-,33+,34-,35+,36-/m1/s1. The number of carbonyl (C=O) groups excluding carboxylic acids is 2. The predicted molar refractivity (Wildman–Crippen MR) is 184 cm³/mol. The lowest BCUT2D eigenvalue weighted by Gasteiger charge is -2.19. The van der Waals surface area contributed by atoms with E-state index >= 15 is 0 Å². The van der Waals surface area contributed by atoms with Gasteiger partial charge in [-0.15, -0.1) is 0 Å². The molecule has 1 aliphatic carbocycles. The highest BCUT2D eigenvalue weighted by molar-refractivity contribution is 5.71. The Labute approximate surface area is 280 Å². The molecule has 0 bridgehead atoms. The third kappa shape index (κ3) is 21.2. The number of rotatable bonds is 28. The minimum absolute atomic E-state index is 0.00686. The van der Waals surface area contributed by atoms with Gasteiger partial charge < -0.3 is 29.9 Å². The van der Waals surface area contributed by atoms with E-state index in [1.807, 2.05) is 6.08 Å². The lowest BCUT2D eigenvalue weighted by Crippen LogP contribution is -2.25. The summed E-state index contributed by atoms with van der Waals surface area (Å²) in [6, 6.07) is 0. The van der Waals surface area contributed by atoms with Crippen molar-refractivity contribution in [1.29, 1.82) is 0 Å². The van der Waals surface area contributed by atoms with E-state index in [1.54, 1.807) is 18.2 Å². The van der Waals surface area contributed by atoms with E-state index in [9.17, 15) is 30.0 Å². The van der Waals surface area contributed by atoms with Crippen LogP contribution in [0.3, 0.4) is 0 Å². The van der Waals surface area contributed by atoms with Gasteiger partial charge in [-0.1, -0.05) is 135 Å². The molecule has 268 valence electrons. The normalized spacial score (nSPS) is 22.0. The quantitative estimate of drug-likeness (QED) is 0.0392. The summed E-state index contributed by atoms with van der Waals surface area (Å²) in [4.78, 5) is 24.1. The van der Waals surface area contributed by atoms with Crippen molar-refractivity contribution in [3.05, 3.63) is 24.3 Å². The molecule has 7 atom stereocenters. The molecule has 0 aliphatic heterocycles. The van der Waals surface area contributed by atoms with Gasteiger partial charge in [0.05, 0.1) is 24.7 Å². The van der Waals surface area contributed by atoms with Crippen LogP contribution in [0.25, 0.3) is 0 Å². The summed E-state index contributed by atoms with van der Waals surface area (Å²) in [7, 11) is 0. The fourth-order valence-corrected chi connectivity index (χ4v) is 6.03. The van der Waals surface area contributed by atoms with Crippen molar-refractivity contribution in [2.45, 2.75) is 174 Å². The first kappa shape index (κ1) is 42.3. The Kier molecular flexibility index (Phi) is 25.0. The zero-order valence-corrected chi connectivity index (χ0v) is 29.3. The van der Waals surface area contributed by atoms with Crippen LogP contribution < -0.4 is 0 Å². The number of unbranched alkanes of at least 4 members (excludes halogenated alkanes) is 11. The van der Waals surface area contributed by atoms with Gasteiger partial charge in [-0.2, -0.15) is 0 Å². The van der Waals surface area contributed by atoms with E-state index in [4.69, 9.17) is 9.47 Å². The maximum Gasteiger partial charge on any atom is 0.309 e. The van der Waals surface area contributed by atoms with Gasteiger partial charge in [-0.3, -0.25) is 9.59 Å². The van der Waals surface area contributed by atoms with E-state index in [0.717, 1.165) is 44.4 Å². The Balaban J connectivity index is 2.10. The molecular formula is C38H68O8. The Morgan fingerprint density at radius 1 is 0.761 bits per heavy atom. The Morgan fingerprint density at radius 3 is 1.98 bits per heavy atom. The first-order valence-corrected chi connectivity index (χ1v) is 18.5. The predicted octanol–water partition coefficient (Wildman–Crippen LogP) is 7.35. The fraction of sp³-hybridized carbons (Fsp3) is 0.842. The Bertz CT molecular complexity index is 828. The van der Waals surface area contributed by atoms with Gasteiger partial charge in [0, 0.05) is 18.8 Å². The van der Waals surface area contributed by atoms with Gasteiger partial charge in [0.1, 0.15) is 19.3 Å². The number of allylic oxidation sites excluding steroid dienone is 1. The van der Waals surface area contributed by atoms with Crippen LogP contribution in [-0.2, 0) is 19.1 Å². The molecule has 0 radical (unpaired) electrons. The summed E-state index contributed by atoms with van der Waals surface area (Å²) in [5, 5.41) is 41.0. The van der Waals surface area contributed by atoms with Crippen LogP contribution in [0.15, 0.2) is 24.3 Å². The second-order valence-corrected chi connectivity index (χ2v) is 13.6. The van der Waals surface area contributed by atoms with E-state index in [0.29, 0.717) is 19.3 Å². The topological polar surface area (TPSA) is 134 Å². The van der Waals surface area contributed by atoms with Crippen LogP contribution in [0.5, 0.6) is 0 Å². The minimum Gasteiger partial charge on any atom is -0.463 e. The van der Waals surface area contributed by atoms with Crippen LogP contribution in [0, 0.1) is 17.8 Å². The molecular weight excluding hydrogens is 584 g/mol. The molecule has 0 amide bonds. The SMILES string of the molecule is CCCCC[C@@H](O)/C=C/[C@@H]1[C@H](C/C=C\CC(=O)OC[C@H](O)COC(=O)CCCCCCCCCCCCC(C)CC)[C@@H](O)C[C@H]1O. The number of carbonyl (C=O) groups is 2. The highest BCUT2D eigenvalue weighted by Gasteiger charge is 2.39. The summed E-state index contributed by atoms with van der Waals surface area (Å²) in [5.74, 6) is -0.467. The lowest BCUT2D eigenvalue weighted by atomic mass is 9.89. The summed E-state index contributed by atoms with van der Waals surface area (Å²) >= 11 is 0. The van der Waals surface area contributed by atoms with Crippen LogP contribution in [0.2, 0.25) is 0 Å². The van der Waals surface area contributed by atoms with Crippen molar-refractivity contribution in [2.24, 2.45) is 17.8 Å². The molecule has 8 nitrogen and oxygen atoms in total. The first-order valence-electron chi connectivity index (χ1n) is 18.5. The lowest BCUT2D eigenvalue weighted by molar-refractivity contribution is -0.151. The molecule has 1 rings (SSSR count). The van der Waals surface area contributed by atoms with Crippen molar-refractivity contribution in [3.63, 3.8) is 0 Å². The average molecular weight is 653 g/mol.